The summed E-state index contributed by atoms with van der Waals surface area (Å²) in [5, 5.41) is 0.726. The largest absolute Gasteiger partial charge is 0.459 e. The first-order chi connectivity index (χ1) is 17.0. The molecule has 4 aromatic rings. The van der Waals surface area contributed by atoms with Gasteiger partial charge in [0.05, 0.1) is 16.5 Å². The monoisotopic (exact) mass is 495 g/mol. The Morgan fingerprint density at radius 3 is 2.31 bits per heavy atom. The van der Waals surface area contributed by atoms with Gasteiger partial charge in [-0.25, -0.2) is 23.9 Å². The molecule has 2 aromatic carbocycles. The van der Waals surface area contributed by atoms with Gasteiger partial charge in [-0.2, -0.15) is 0 Å². The fraction of sp³-hybridized carbons (Fsp3) is 0.200. The quantitative estimate of drug-likeness (QED) is 0.289. The predicted octanol–water partition coefficient (Wildman–Crippen LogP) is 4.40. The molecule has 0 aliphatic carbocycles. The fourth-order valence-electron chi connectivity index (χ4n) is 3.92. The first-order valence-corrected chi connectivity index (χ1v) is 11.2. The second-order valence-electron chi connectivity index (χ2n) is 7.83. The summed E-state index contributed by atoms with van der Waals surface area (Å²) in [4.78, 5) is 33.3. The van der Waals surface area contributed by atoms with Crippen molar-refractivity contribution in [1.29, 1.82) is 0 Å². The number of benzene rings is 2. The van der Waals surface area contributed by atoms with Gasteiger partial charge in [-0.1, -0.05) is 48.0 Å². The lowest BCUT2D eigenvalue weighted by atomic mass is 10.1. The van der Waals surface area contributed by atoms with Crippen molar-refractivity contribution in [3.63, 3.8) is 0 Å². The molecule has 5 rings (SSSR count). The van der Waals surface area contributed by atoms with Gasteiger partial charge >= 0.3 is 11.9 Å². The van der Waals surface area contributed by atoms with Gasteiger partial charge in [0.2, 0.25) is 0 Å². The summed E-state index contributed by atoms with van der Waals surface area (Å²) in [6.07, 6.45) is -2.57. The smallest absolute Gasteiger partial charge is 0.338 e. The van der Waals surface area contributed by atoms with Gasteiger partial charge in [0.25, 0.3) is 0 Å². The van der Waals surface area contributed by atoms with Gasteiger partial charge in [-0.15, -0.1) is 0 Å². The van der Waals surface area contributed by atoms with Crippen LogP contribution in [0.15, 0.2) is 79.3 Å². The minimum absolute atomic E-state index is 0.211. The third kappa shape index (κ3) is 4.60. The summed E-state index contributed by atoms with van der Waals surface area (Å²) in [6.45, 7) is -0.327. The Hall–Kier alpha value is -3.82. The highest BCUT2D eigenvalue weighted by molar-refractivity contribution is 6.33. The van der Waals surface area contributed by atoms with Crippen molar-refractivity contribution in [3.8, 4) is 0 Å². The van der Waals surface area contributed by atoms with Crippen LogP contribution in [-0.4, -0.2) is 51.5 Å². The van der Waals surface area contributed by atoms with Crippen molar-refractivity contribution in [3.05, 3.63) is 95.5 Å². The van der Waals surface area contributed by atoms with Gasteiger partial charge in [0, 0.05) is 6.20 Å². The molecule has 3 heterocycles. The minimum atomic E-state index is -1.78. The number of aromatic nitrogens is 3. The molecule has 2 aromatic heterocycles. The van der Waals surface area contributed by atoms with Crippen LogP contribution in [0.25, 0.3) is 11.0 Å². The van der Waals surface area contributed by atoms with Crippen LogP contribution in [0.1, 0.15) is 26.9 Å². The van der Waals surface area contributed by atoms with E-state index in [0.29, 0.717) is 16.6 Å². The zero-order chi connectivity index (χ0) is 24.4. The molecule has 4 atom stereocenters. The van der Waals surface area contributed by atoms with Crippen LogP contribution in [0, 0.1) is 0 Å². The van der Waals surface area contributed by atoms with Crippen LogP contribution in [0.4, 0.5) is 4.39 Å². The standard InChI is InChI=1S/C25H19ClFN3O5/c26-21-17-11-12-30(22(17)29-14-28-21)23-19(27)20(35-25(32)16-9-5-2-6-10-16)18(34-23)13-33-24(31)15-7-3-1-4-8-15/h1-12,14,18-20,23H,13H2. The summed E-state index contributed by atoms with van der Waals surface area (Å²) in [7, 11) is 0. The van der Waals surface area contributed by atoms with E-state index in [4.69, 9.17) is 25.8 Å². The number of hydrogen-bond acceptors (Lipinski definition) is 7. The molecule has 0 N–H and O–H groups in total. The topological polar surface area (TPSA) is 92.5 Å². The normalized spacial score (nSPS) is 21.7. The molecule has 1 saturated heterocycles. The molecule has 0 radical (unpaired) electrons. The molecular weight excluding hydrogens is 477 g/mol. The van der Waals surface area contributed by atoms with E-state index in [0.717, 1.165) is 0 Å². The molecule has 0 bridgehead atoms. The zero-order valence-corrected chi connectivity index (χ0v) is 18.9. The first-order valence-electron chi connectivity index (χ1n) is 10.8. The van der Waals surface area contributed by atoms with E-state index in [-0.39, 0.29) is 17.3 Å². The van der Waals surface area contributed by atoms with Crippen LogP contribution >= 0.6 is 11.6 Å². The third-order valence-corrected chi connectivity index (χ3v) is 5.94. The summed E-state index contributed by atoms with van der Waals surface area (Å²) in [6, 6.07) is 18.2. The molecule has 10 heteroatoms. The van der Waals surface area contributed by atoms with E-state index in [2.05, 4.69) is 9.97 Å². The van der Waals surface area contributed by atoms with E-state index >= 15 is 4.39 Å². The van der Waals surface area contributed by atoms with Crippen molar-refractivity contribution >= 4 is 34.6 Å². The third-order valence-electron chi connectivity index (χ3n) is 5.64. The first kappa shape index (κ1) is 22.9. The number of carbonyl (C=O) groups is 2. The summed E-state index contributed by atoms with van der Waals surface area (Å²) < 4.78 is 34.1. The maximum Gasteiger partial charge on any atom is 0.338 e. The molecule has 4 unspecified atom stereocenters. The van der Waals surface area contributed by atoms with Gasteiger partial charge in [-0.05, 0) is 30.3 Å². The Labute approximate surface area is 204 Å². The maximum absolute atomic E-state index is 15.8. The number of halogens is 2. The van der Waals surface area contributed by atoms with Crippen molar-refractivity contribution in [1.82, 2.24) is 14.5 Å². The van der Waals surface area contributed by atoms with Gasteiger partial charge in [-0.3, -0.25) is 0 Å². The Morgan fingerprint density at radius 1 is 0.971 bits per heavy atom. The number of nitrogens with zero attached hydrogens (tertiary/aromatic N) is 3. The molecule has 0 amide bonds. The van der Waals surface area contributed by atoms with E-state index in [9.17, 15) is 9.59 Å². The van der Waals surface area contributed by atoms with Gasteiger partial charge in [0.1, 0.15) is 29.8 Å². The SMILES string of the molecule is O=C(OCC1OC(n2ccc3c(Cl)ncnc32)C(F)C1OC(=O)c1ccccc1)c1ccccc1. The Balaban J connectivity index is 1.40. The summed E-state index contributed by atoms with van der Waals surface area (Å²) >= 11 is 6.12. The van der Waals surface area contributed by atoms with Gasteiger partial charge < -0.3 is 18.8 Å². The number of carbonyl (C=O) groups excluding carboxylic acids is 2. The van der Waals surface area contributed by atoms with Gasteiger partial charge in [0.15, 0.2) is 18.5 Å². The summed E-state index contributed by atoms with van der Waals surface area (Å²) in [5.41, 5.74) is 0.946. The van der Waals surface area contributed by atoms with E-state index in [1.807, 2.05) is 0 Å². The molecule has 1 aliphatic rings. The molecule has 1 fully saturated rings. The average Bonchev–Trinajstić information content (AvgIpc) is 3.45. The van der Waals surface area contributed by atoms with Crippen LogP contribution in [0.3, 0.4) is 0 Å². The molecule has 178 valence electrons. The highest BCUT2D eigenvalue weighted by Gasteiger charge is 2.49. The van der Waals surface area contributed by atoms with Crippen molar-refractivity contribution in [2.24, 2.45) is 0 Å². The molecule has 0 spiro atoms. The van der Waals surface area contributed by atoms with Crippen molar-refractivity contribution in [2.45, 2.75) is 24.6 Å². The fourth-order valence-corrected chi connectivity index (χ4v) is 4.11. The second kappa shape index (κ2) is 9.81. The summed E-state index contributed by atoms with van der Waals surface area (Å²) in [5.74, 6) is -1.32. The number of fused-ring (bicyclic) bond motifs is 1. The number of hydrogen-bond donors (Lipinski definition) is 0. The lowest BCUT2D eigenvalue weighted by Crippen LogP contribution is -2.37. The Morgan fingerprint density at radius 2 is 1.63 bits per heavy atom. The lowest BCUT2D eigenvalue weighted by molar-refractivity contribution is -0.0568. The molecular formula is C25H19ClFN3O5. The van der Waals surface area contributed by atoms with Crippen molar-refractivity contribution in [2.75, 3.05) is 6.61 Å². The molecule has 1 aliphatic heterocycles. The Kier molecular flexibility index (Phi) is 6.43. The predicted molar refractivity (Wildman–Crippen MR) is 124 cm³/mol. The van der Waals surface area contributed by atoms with Crippen LogP contribution < -0.4 is 0 Å². The number of ether oxygens (including phenoxy) is 3. The Bertz CT molecular complexity index is 1350. The minimum Gasteiger partial charge on any atom is -0.459 e. The van der Waals surface area contributed by atoms with E-state index in [1.54, 1.807) is 72.9 Å². The zero-order valence-electron chi connectivity index (χ0n) is 18.2. The molecule has 0 saturated carbocycles. The van der Waals surface area contributed by atoms with E-state index in [1.165, 1.54) is 10.9 Å². The van der Waals surface area contributed by atoms with Crippen molar-refractivity contribution < 1.29 is 28.2 Å². The molecule has 35 heavy (non-hydrogen) atoms. The maximum atomic E-state index is 15.8. The molecule has 8 nitrogen and oxygen atoms in total. The number of esters is 2. The van der Waals surface area contributed by atoms with Crippen LogP contribution in [-0.2, 0) is 14.2 Å². The van der Waals surface area contributed by atoms with Crippen LogP contribution in [0.5, 0.6) is 0 Å². The highest BCUT2D eigenvalue weighted by atomic mass is 35.5. The lowest BCUT2D eigenvalue weighted by Gasteiger charge is -2.19. The average molecular weight is 496 g/mol. The van der Waals surface area contributed by atoms with E-state index < -0.39 is 36.5 Å². The van der Waals surface area contributed by atoms with Crippen LogP contribution in [0.2, 0.25) is 5.15 Å². The highest BCUT2D eigenvalue weighted by Crippen LogP contribution is 2.37. The second-order valence-corrected chi connectivity index (χ2v) is 8.19. The number of rotatable bonds is 6. The number of alkyl halides is 1.